The third kappa shape index (κ3) is 5.47. The SMILES string of the molecule is COCCN1C(=O)/C(=C/c2ccc(-c3ccc(C(=O)O)cc3C)o2)SC1=Nc1ccc(OC)cc1. The van der Waals surface area contributed by atoms with Crippen LogP contribution in [0.2, 0.25) is 0 Å². The zero-order chi connectivity index (χ0) is 24.9. The first-order chi connectivity index (χ1) is 16.9. The molecule has 1 aliphatic rings. The minimum absolute atomic E-state index is 0.181. The molecule has 2 heterocycles. The topological polar surface area (TPSA) is 102 Å². The molecule has 1 aromatic heterocycles. The zero-order valence-electron chi connectivity index (χ0n) is 19.5. The van der Waals surface area contributed by atoms with Gasteiger partial charge in [0.05, 0.1) is 36.4 Å². The van der Waals surface area contributed by atoms with Gasteiger partial charge in [0, 0.05) is 18.7 Å². The van der Waals surface area contributed by atoms with Crippen molar-refractivity contribution < 1.29 is 28.6 Å². The molecule has 3 aromatic rings. The number of furan rings is 1. The van der Waals surface area contributed by atoms with Crippen LogP contribution >= 0.6 is 11.8 Å². The van der Waals surface area contributed by atoms with Crippen LogP contribution in [0.3, 0.4) is 0 Å². The van der Waals surface area contributed by atoms with E-state index in [1.807, 2.05) is 31.2 Å². The Morgan fingerprint density at radius 3 is 2.57 bits per heavy atom. The van der Waals surface area contributed by atoms with Gasteiger partial charge in [0.15, 0.2) is 5.17 Å². The molecule has 35 heavy (non-hydrogen) atoms. The van der Waals surface area contributed by atoms with Gasteiger partial charge in [0.25, 0.3) is 5.91 Å². The van der Waals surface area contributed by atoms with Gasteiger partial charge in [-0.25, -0.2) is 9.79 Å². The van der Waals surface area contributed by atoms with Gasteiger partial charge < -0.3 is 19.0 Å². The maximum Gasteiger partial charge on any atom is 0.335 e. The second-order valence-electron chi connectivity index (χ2n) is 7.69. The molecule has 9 heteroatoms. The second kappa shape index (κ2) is 10.6. The Morgan fingerprint density at radius 2 is 1.91 bits per heavy atom. The van der Waals surface area contributed by atoms with Gasteiger partial charge in [0.2, 0.25) is 0 Å². The normalized spacial score (nSPS) is 15.9. The lowest BCUT2D eigenvalue weighted by Gasteiger charge is -2.14. The lowest BCUT2D eigenvalue weighted by Crippen LogP contribution is -2.32. The smallest absolute Gasteiger partial charge is 0.335 e. The molecule has 1 N–H and O–H groups in total. The fraction of sp³-hybridized carbons (Fsp3) is 0.192. The molecular weight excluding hydrogens is 468 g/mol. The molecule has 0 radical (unpaired) electrons. The molecule has 0 atom stereocenters. The van der Waals surface area contributed by atoms with Crippen LogP contribution in [0.15, 0.2) is 68.9 Å². The van der Waals surface area contributed by atoms with Crippen LogP contribution < -0.4 is 4.74 Å². The van der Waals surface area contributed by atoms with Gasteiger partial charge in [-0.05, 0) is 72.8 Å². The zero-order valence-corrected chi connectivity index (χ0v) is 20.3. The van der Waals surface area contributed by atoms with E-state index in [9.17, 15) is 14.7 Å². The highest BCUT2D eigenvalue weighted by Gasteiger charge is 2.33. The van der Waals surface area contributed by atoms with E-state index < -0.39 is 5.97 Å². The first-order valence-electron chi connectivity index (χ1n) is 10.8. The Hall–Kier alpha value is -3.82. The Kier molecular flexibility index (Phi) is 7.38. The maximum atomic E-state index is 13.1. The Labute approximate surface area is 206 Å². The number of carboxylic acid groups (broad SMARTS) is 1. The molecule has 0 unspecified atom stereocenters. The highest BCUT2D eigenvalue weighted by molar-refractivity contribution is 8.18. The van der Waals surface area contributed by atoms with Gasteiger partial charge in [-0.15, -0.1) is 0 Å². The van der Waals surface area contributed by atoms with Crippen LogP contribution in [0.25, 0.3) is 17.4 Å². The van der Waals surface area contributed by atoms with E-state index in [1.165, 1.54) is 17.8 Å². The molecule has 0 spiro atoms. The average molecular weight is 493 g/mol. The predicted molar refractivity (Wildman–Crippen MR) is 135 cm³/mol. The Bertz CT molecular complexity index is 1310. The van der Waals surface area contributed by atoms with E-state index in [1.54, 1.807) is 49.5 Å². The van der Waals surface area contributed by atoms with Gasteiger partial charge >= 0.3 is 5.97 Å². The number of rotatable bonds is 8. The fourth-order valence-electron chi connectivity index (χ4n) is 3.52. The summed E-state index contributed by atoms with van der Waals surface area (Å²) >= 11 is 1.27. The number of nitrogens with zero attached hydrogens (tertiary/aromatic N) is 2. The number of ether oxygens (including phenoxy) is 2. The second-order valence-corrected chi connectivity index (χ2v) is 8.70. The summed E-state index contributed by atoms with van der Waals surface area (Å²) in [5.41, 5.74) is 2.48. The van der Waals surface area contributed by atoms with Crippen LogP contribution in [0.4, 0.5) is 5.69 Å². The third-order valence-corrected chi connectivity index (χ3v) is 6.35. The maximum absolute atomic E-state index is 13.1. The standard InChI is InChI=1S/C26H24N2O6S/c1-16-14-17(25(30)31)4-10-21(16)22-11-9-20(34-22)15-23-24(29)28(12-13-32-2)26(35-23)27-18-5-7-19(33-3)8-6-18/h4-11,14-15H,12-13H2,1-3H3,(H,30,31)/b23-15-,27-26?. The van der Waals surface area contributed by atoms with Crippen molar-refractivity contribution in [3.8, 4) is 17.1 Å². The number of aromatic carboxylic acids is 1. The molecule has 1 fully saturated rings. The quantitative estimate of drug-likeness (QED) is 0.431. The predicted octanol–water partition coefficient (Wildman–Crippen LogP) is 5.21. The summed E-state index contributed by atoms with van der Waals surface area (Å²) in [6.45, 7) is 2.57. The molecule has 0 bridgehead atoms. The molecule has 1 aliphatic heterocycles. The summed E-state index contributed by atoms with van der Waals surface area (Å²) in [7, 11) is 3.18. The third-order valence-electron chi connectivity index (χ3n) is 5.34. The molecule has 0 aliphatic carbocycles. The number of hydrogen-bond acceptors (Lipinski definition) is 7. The van der Waals surface area contributed by atoms with Gasteiger partial charge in [-0.1, -0.05) is 6.07 Å². The van der Waals surface area contributed by atoms with E-state index in [2.05, 4.69) is 4.99 Å². The average Bonchev–Trinajstić information content (AvgIpc) is 3.42. The Morgan fingerprint density at radius 1 is 1.14 bits per heavy atom. The van der Waals surface area contributed by atoms with Gasteiger partial charge in [-0.3, -0.25) is 9.69 Å². The number of thioether (sulfide) groups is 1. The van der Waals surface area contributed by atoms with E-state index in [0.29, 0.717) is 40.4 Å². The van der Waals surface area contributed by atoms with Crippen LogP contribution in [0, 0.1) is 6.92 Å². The molecule has 2 aromatic carbocycles. The first-order valence-corrected chi connectivity index (χ1v) is 11.6. The van der Waals surface area contributed by atoms with Crippen LogP contribution in [0.1, 0.15) is 21.7 Å². The van der Waals surface area contributed by atoms with E-state index in [0.717, 1.165) is 16.9 Å². The molecule has 8 nitrogen and oxygen atoms in total. The minimum atomic E-state index is -0.980. The number of aliphatic imine (C=N–C) groups is 1. The van der Waals surface area contributed by atoms with Crippen LogP contribution in [0.5, 0.6) is 5.75 Å². The van der Waals surface area contributed by atoms with Crippen LogP contribution in [-0.2, 0) is 9.53 Å². The minimum Gasteiger partial charge on any atom is -0.497 e. The van der Waals surface area contributed by atoms with E-state index >= 15 is 0 Å². The number of hydrogen-bond donors (Lipinski definition) is 1. The number of carbonyl (C=O) groups is 2. The van der Waals surface area contributed by atoms with E-state index in [4.69, 9.17) is 13.9 Å². The highest BCUT2D eigenvalue weighted by atomic mass is 32.2. The number of amidine groups is 1. The molecule has 1 amide bonds. The Balaban J connectivity index is 1.61. The molecule has 1 saturated heterocycles. The van der Waals surface area contributed by atoms with Crippen molar-refractivity contribution in [3.63, 3.8) is 0 Å². The van der Waals surface area contributed by atoms with Crippen molar-refractivity contribution in [2.24, 2.45) is 4.99 Å². The number of methoxy groups -OCH3 is 2. The summed E-state index contributed by atoms with van der Waals surface area (Å²) in [4.78, 5) is 31.0. The van der Waals surface area contributed by atoms with Crippen molar-refractivity contribution in [2.75, 3.05) is 27.4 Å². The monoisotopic (exact) mass is 492 g/mol. The largest absolute Gasteiger partial charge is 0.497 e. The summed E-state index contributed by atoms with van der Waals surface area (Å²) in [5.74, 6) is 0.660. The van der Waals surface area contributed by atoms with Crippen molar-refractivity contribution in [1.82, 2.24) is 4.90 Å². The summed E-state index contributed by atoms with van der Waals surface area (Å²) in [6.07, 6.45) is 1.69. The summed E-state index contributed by atoms with van der Waals surface area (Å²) < 4.78 is 16.3. The van der Waals surface area contributed by atoms with Crippen molar-refractivity contribution in [2.45, 2.75) is 6.92 Å². The van der Waals surface area contributed by atoms with Crippen molar-refractivity contribution >= 4 is 40.6 Å². The summed E-state index contributed by atoms with van der Waals surface area (Å²) in [6, 6.07) is 15.7. The molecule has 0 saturated carbocycles. The van der Waals surface area contributed by atoms with Gasteiger partial charge in [-0.2, -0.15) is 0 Å². The van der Waals surface area contributed by atoms with E-state index in [-0.39, 0.29) is 11.5 Å². The van der Waals surface area contributed by atoms with Crippen molar-refractivity contribution in [3.05, 3.63) is 76.4 Å². The number of aryl methyl sites for hydroxylation is 1. The molecule has 180 valence electrons. The number of carboxylic acids is 1. The highest BCUT2D eigenvalue weighted by Crippen LogP contribution is 2.35. The molecular formula is C26H24N2O6S. The fourth-order valence-corrected chi connectivity index (χ4v) is 4.52. The number of amides is 1. The number of benzene rings is 2. The lowest BCUT2D eigenvalue weighted by molar-refractivity contribution is -0.122. The first kappa shape index (κ1) is 24.3. The lowest BCUT2D eigenvalue weighted by atomic mass is 10.0. The van der Waals surface area contributed by atoms with Crippen molar-refractivity contribution in [1.29, 1.82) is 0 Å². The van der Waals surface area contributed by atoms with Gasteiger partial charge in [0.1, 0.15) is 17.3 Å². The van der Waals surface area contributed by atoms with Crippen LogP contribution in [-0.4, -0.2) is 54.4 Å². The summed E-state index contributed by atoms with van der Waals surface area (Å²) in [5, 5.41) is 9.73. The number of carbonyl (C=O) groups excluding carboxylic acids is 1. The molecule has 4 rings (SSSR count).